The van der Waals surface area contributed by atoms with E-state index in [0.29, 0.717) is 0 Å². The number of nitrogens with one attached hydrogen (secondary N) is 2. The van der Waals surface area contributed by atoms with E-state index < -0.39 is 17.9 Å². The number of aromatic amines is 1. The number of carboxylic acids is 1. The molecular weight excluding hydrogens is 318 g/mol. The van der Waals surface area contributed by atoms with Crippen LogP contribution in [-0.4, -0.2) is 46.2 Å². The average molecular weight is 335 g/mol. The highest BCUT2D eigenvalue weighted by Crippen LogP contribution is 2.22. The predicted molar refractivity (Wildman–Crippen MR) is 86.5 cm³/mol. The van der Waals surface area contributed by atoms with Gasteiger partial charge in [0, 0.05) is 17.1 Å². The van der Waals surface area contributed by atoms with Crippen molar-refractivity contribution in [2.45, 2.75) is 13.0 Å². The first-order valence-corrected chi connectivity index (χ1v) is 7.72. The van der Waals surface area contributed by atoms with Gasteiger partial charge in [-0.25, -0.2) is 9.78 Å². The molecule has 0 aromatic carbocycles. The molecule has 0 bridgehead atoms. The van der Waals surface area contributed by atoms with Crippen molar-refractivity contribution in [3.05, 3.63) is 41.0 Å². The molecular formula is C15H17N3O4S. The third kappa shape index (κ3) is 4.51. The van der Waals surface area contributed by atoms with Gasteiger partial charge in [0.15, 0.2) is 6.04 Å². The number of aromatic nitrogens is 2. The fraction of sp³-hybridized carbons (Fsp3) is 0.267. The van der Waals surface area contributed by atoms with Gasteiger partial charge >= 0.3 is 5.97 Å². The number of aryl methyl sites for hydroxylation is 1. The number of amides is 1. The third-order valence-electron chi connectivity index (χ3n) is 2.97. The van der Waals surface area contributed by atoms with Crippen LogP contribution in [0.2, 0.25) is 0 Å². The molecule has 0 radical (unpaired) electrons. The van der Waals surface area contributed by atoms with Gasteiger partial charge in [0.05, 0.1) is 23.9 Å². The van der Waals surface area contributed by atoms with Gasteiger partial charge in [-0.2, -0.15) is 0 Å². The third-order valence-corrected chi connectivity index (χ3v) is 3.74. The molecule has 1 amide bonds. The monoisotopic (exact) mass is 335 g/mol. The topological polar surface area (TPSA) is 104 Å². The van der Waals surface area contributed by atoms with Gasteiger partial charge in [-0.1, -0.05) is 6.08 Å². The number of H-pyrrole nitrogens is 1. The lowest BCUT2D eigenvalue weighted by Crippen LogP contribution is -2.44. The van der Waals surface area contributed by atoms with Crippen molar-refractivity contribution in [1.82, 2.24) is 15.3 Å². The Bertz CT molecular complexity index is 707. The zero-order chi connectivity index (χ0) is 16.8. The first-order valence-electron chi connectivity index (χ1n) is 6.84. The first-order chi connectivity index (χ1) is 11.0. The minimum Gasteiger partial charge on any atom is -0.480 e. The Balaban J connectivity index is 2.03. The largest absolute Gasteiger partial charge is 0.480 e. The molecule has 2 heterocycles. The summed E-state index contributed by atoms with van der Waals surface area (Å²) in [5.41, 5.74) is 1.81. The minimum absolute atomic E-state index is 0.133. The van der Waals surface area contributed by atoms with E-state index in [-0.39, 0.29) is 18.9 Å². The Morgan fingerprint density at radius 2 is 2.39 bits per heavy atom. The van der Waals surface area contributed by atoms with Gasteiger partial charge in [0.1, 0.15) is 5.69 Å². The lowest BCUT2D eigenvalue weighted by molar-refractivity contribution is -0.140. The highest BCUT2D eigenvalue weighted by Gasteiger charge is 2.21. The van der Waals surface area contributed by atoms with Crippen LogP contribution in [0, 0.1) is 6.92 Å². The molecule has 2 rings (SSSR count). The number of carboxylic acid groups (broad SMARTS) is 1. The van der Waals surface area contributed by atoms with Crippen LogP contribution in [0.15, 0.2) is 30.3 Å². The first kappa shape index (κ1) is 16.9. The van der Waals surface area contributed by atoms with E-state index in [9.17, 15) is 9.59 Å². The molecule has 122 valence electrons. The van der Waals surface area contributed by atoms with Crippen LogP contribution in [0.1, 0.15) is 15.5 Å². The van der Waals surface area contributed by atoms with Crippen molar-refractivity contribution in [2.24, 2.45) is 0 Å². The zero-order valence-corrected chi connectivity index (χ0v) is 13.4. The zero-order valence-electron chi connectivity index (χ0n) is 12.5. The number of hydrogen-bond donors (Lipinski definition) is 3. The van der Waals surface area contributed by atoms with Crippen molar-refractivity contribution in [2.75, 3.05) is 13.2 Å². The molecule has 7 nitrogen and oxygen atoms in total. The van der Waals surface area contributed by atoms with Crippen LogP contribution < -0.4 is 5.32 Å². The number of carbonyl (C=O) groups excluding carboxylic acids is 1. The fourth-order valence-corrected chi connectivity index (χ4v) is 2.47. The van der Waals surface area contributed by atoms with Crippen molar-refractivity contribution in [3.63, 3.8) is 0 Å². The number of thiazole rings is 1. The molecule has 0 aliphatic carbocycles. The molecule has 0 aliphatic rings. The second kappa shape index (κ2) is 7.70. The van der Waals surface area contributed by atoms with E-state index in [1.807, 2.05) is 12.3 Å². The Hall–Kier alpha value is -2.45. The number of hydrogen-bond acceptors (Lipinski definition) is 5. The summed E-state index contributed by atoms with van der Waals surface area (Å²) in [6.45, 7) is 5.46. The van der Waals surface area contributed by atoms with Crippen LogP contribution in [0.5, 0.6) is 0 Å². The summed E-state index contributed by atoms with van der Waals surface area (Å²) in [6.07, 6.45) is 3.17. The number of rotatable bonds is 8. The molecule has 0 saturated carbocycles. The average Bonchev–Trinajstić information content (AvgIpc) is 3.14. The van der Waals surface area contributed by atoms with Gasteiger partial charge in [0.2, 0.25) is 0 Å². The lowest BCUT2D eigenvalue weighted by Gasteiger charge is -2.13. The number of aliphatic carboxylic acids is 1. The molecule has 23 heavy (non-hydrogen) atoms. The Labute approximate surface area is 137 Å². The summed E-state index contributed by atoms with van der Waals surface area (Å²) in [5, 5.41) is 14.4. The molecule has 0 spiro atoms. The summed E-state index contributed by atoms with van der Waals surface area (Å²) in [5.74, 6) is -1.68. The maximum Gasteiger partial charge on any atom is 0.328 e. The Kier molecular flexibility index (Phi) is 5.67. The van der Waals surface area contributed by atoms with Gasteiger partial charge in [-0.15, -0.1) is 17.9 Å². The second-order valence-corrected chi connectivity index (χ2v) is 5.81. The highest BCUT2D eigenvalue weighted by molar-refractivity contribution is 7.09. The molecule has 2 aromatic heterocycles. The van der Waals surface area contributed by atoms with Gasteiger partial charge in [-0.3, -0.25) is 4.79 Å². The van der Waals surface area contributed by atoms with E-state index in [1.54, 1.807) is 12.3 Å². The van der Waals surface area contributed by atoms with E-state index >= 15 is 0 Å². The summed E-state index contributed by atoms with van der Waals surface area (Å²) >= 11 is 1.51. The van der Waals surface area contributed by atoms with E-state index in [1.165, 1.54) is 17.4 Å². The molecule has 1 unspecified atom stereocenters. The molecule has 0 saturated heterocycles. The molecule has 2 aromatic rings. The Morgan fingerprint density at radius 3 is 3.00 bits per heavy atom. The molecule has 0 fully saturated rings. The van der Waals surface area contributed by atoms with Crippen molar-refractivity contribution < 1.29 is 19.4 Å². The summed E-state index contributed by atoms with van der Waals surface area (Å²) < 4.78 is 5.09. The highest BCUT2D eigenvalue weighted by atomic mass is 32.1. The molecule has 1 atom stereocenters. The number of carbonyl (C=O) groups is 2. The fourth-order valence-electron chi connectivity index (χ4n) is 1.85. The van der Waals surface area contributed by atoms with Crippen LogP contribution in [0.3, 0.4) is 0 Å². The van der Waals surface area contributed by atoms with E-state index in [4.69, 9.17) is 9.84 Å². The summed E-state index contributed by atoms with van der Waals surface area (Å²) in [6, 6.07) is 0.503. The van der Waals surface area contributed by atoms with Crippen LogP contribution in [-0.2, 0) is 9.53 Å². The predicted octanol–water partition coefficient (Wildman–Crippen LogP) is 1.83. The minimum atomic E-state index is -1.16. The SMILES string of the molecule is C=CCOCC(NC(=O)c1cc(-c2csc(C)n2)c[nH]1)C(=O)O. The van der Waals surface area contributed by atoms with Gasteiger partial charge in [0.25, 0.3) is 5.91 Å². The smallest absolute Gasteiger partial charge is 0.328 e. The Morgan fingerprint density at radius 1 is 1.61 bits per heavy atom. The second-order valence-electron chi connectivity index (χ2n) is 4.74. The summed E-state index contributed by atoms with van der Waals surface area (Å²) in [4.78, 5) is 30.5. The van der Waals surface area contributed by atoms with Crippen LogP contribution in [0.25, 0.3) is 11.3 Å². The molecule has 8 heteroatoms. The van der Waals surface area contributed by atoms with Crippen LogP contribution in [0.4, 0.5) is 0 Å². The van der Waals surface area contributed by atoms with Gasteiger partial charge in [-0.05, 0) is 13.0 Å². The maximum absolute atomic E-state index is 12.1. The maximum atomic E-state index is 12.1. The quantitative estimate of drug-likeness (QED) is 0.504. The van der Waals surface area contributed by atoms with E-state index in [0.717, 1.165) is 16.3 Å². The van der Waals surface area contributed by atoms with Crippen molar-refractivity contribution >= 4 is 23.2 Å². The van der Waals surface area contributed by atoms with Gasteiger partial charge < -0.3 is 20.1 Å². The lowest BCUT2D eigenvalue weighted by atomic mass is 10.2. The van der Waals surface area contributed by atoms with Crippen molar-refractivity contribution in [3.8, 4) is 11.3 Å². The normalized spacial score (nSPS) is 11.9. The van der Waals surface area contributed by atoms with E-state index in [2.05, 4.69) is 21.9 Å². The molecule has 3 N–H and O–H groups in total. The molecule has 0 aliphatic heterocycles. The van der Waals surface area contributed by atoms with Crippen molar-refractivity contribution in [1.29, 1.82) is 0 Å². The van der Waals surface area contributed by atoms with Crippen LogP contribution >= 0.6 is 11.3 Å². The standard InChI is InChI=1S/C15H17N3O4S/c1-3-4-22-7-12(15(20)21)18-14(19)11-5-10(6-16-11)13-8-23-9(2)17-13/h3,5-6,8,12,16H,1,4,7H2,2H3,(H,18,19)(H,20,21). The summed E-state index contributed by atoms with van der Waals surface area (Å²) in [7, 11) is 0. The number of ether oxygens (including phenoxy) is 1. The number of nitrogens with zero attached hydrogens (tertiary/aromatic N) is 1.